The second-order valence-electron chi connectivity index (χ2n) is 2.47. The number of aliphatic hydroxyl groups is 1. The Morgan fingerprint density at radius 3 is 2.70 bits per heavy atom. The zero-order valence-corrected chi connectivity index (χ0v) is 5.79. The summed E-state index contributed by atoms with van der Waals surface area (Å²) in [7, 11) is 0. The van der Waals surface area contributed by atoms with Gasteiger partial charge in [0.15, 0.2) is 0 Å². The van der Waals surface area contributed by atoms with Gasteiger partial charge < -0.3 is 10.8 Å². The Bertz CT molecular complexity index is 169. The van der Waals surface area contributed by atoms with Crippen molar-refractivity contribution in [2.45, 2.75) is 25.4 Å². The van der Waals surface area contributed by atoms with Gasteiger partial charge in [-0.25, -0.2) is 0 Å². The predicted octanol–water partition coefficient (Wildman–Crippen LogP) is -0.474. The topological polar surface area (TPSA) is 87.1 Å². The molecule has 0 aromatic carbocycles. The second-order valence-corrected chi connectivity index (χ2v) is 2.47. The van der Waals surface area contributed by atoms with E-state index in [9.17, 15) is 4.79 Å². The fourth-order valence-electron chi connectivity index (χ4n) is 0.608. The fourth-order valence-corrected chi connectivity index (χ4v) is 0.608. The fraction of sp³-hybridized carbons (Fsp3) is 0.667. The molecule has 0 radical (unpaired) electrons. The van der Waals surface area contributed by atoms with Gasteiger partial charge in [0.1, 0.15) is 0 Å². The molecule has 4 nitrogen and oxygen atoms in total. The zero-order chi connectivity index (χ0) is 8.20. The number of hydrogen-bond acceptors (Lipinski definition) is 3. The molecule has 1 unspecified atom stereocenters. The van der Waals surface area contributed by atoms with Crippen LogP contribution in [0.25, 0.3) is 0 Å². The third-order valence-electron chi connectivity index (χ3n) is 1.01. The lowest BCUT2D eigenvalue weighted by atomic mass is 9.99. The first-order valence-electron chi connectivity index (χ1n) is 2.85. The van der Waals surface area contributed by atoms with E-state index in [0.717, 1.165) is 0 Å². The number of carbonyl (C=O) groups is 1. The molecule has 0 fully saturated rings. The summed E-state index contributed by atoms with van der Waals surface area (Å²) in [5.41, 5.74) is 3.54. The summed E-state index contributed by atoms with van der Waals surface area (Å²) in [6, 6.07) is 1.76. The monoisotopic (exact) mass is 142 g/mol. The molecule has 1 amide bonds. The van der Waals surface area contributed by atoms with E-state index >= 15 is 0 Å². The van der Waals surface area contributed by atoms with Crippen LogP contribution in [0.15, 0.2) is 0 Å². The summed E-state index contributed by atoms with van der Waals surface area (Å²) >= 11 is 0. The van der Waals surface area contributed by atoms with E-state index in [1.54, 1.807) is 6.07 Å². The molecule has 0 spiro atoms. The van der Waals surface area contributed by atoms with Crippen LogP contribution < -0.4 is 5.73 Å². The molecule has 4 heteroatoms. The van der Waals surface area contributed by atoms with Crippen molar-refractivity contribution < 1.29 is 9.90 Å². The highest BCUT2D eigenvalue weighted by molar-refractivity contribution is 5.74. The molecule has 10 heavy (non-hydrogen) atoms. The van der Waals surface area contributed by atoms with E-state index in [-0.39, 0.29) is 12.8 Å². The number of hydrogen-bond donors (Lipinski definition) is 2. The van der Waals surface area contributed by atoms with E-state index in [1.807, 2.05) is 0 Å². The molecule has 0 bridgehead atoms. The summed E-state index contributed by atoms with van der Waals surface area (Å²) in [6.45, 7) is 1.40. The second kappa shape index (κ2) is 3.18. The van der Waals surface area contributed by atoms with E-state index in [4.69, 9.17) is 16.1 Å². The van der Waals surface area contributed by atoms with Crippen molar-refractivity contribution in [3.05, 3.63) is 0 Å². The molecule has 0 aliphatic carbocycles. The van der Waals surface area contributed by atoms with Crippen LogP contribution in [0.3, 0.4) is 0 Å². The number of nitriles is 1. The van der Waals surface area contributed by atoms with Gasteiger partial charge in [-0.05, 0) is 6.92 Å². The summed E-state index contributed by atoms with van der Waals surface area (Å²) in [5.74, 6) is -0.597. The van der Waals surface area contributed by atoms with Crippen LogP contribution in [0.4, 0.5) is 0 Å². The van der Waals surface area contributed by atoms with Crippen molar-refractivity contribution >= 4 is 5.91 Å². The van der Waals surface area contributed by atoms with Crippen LogP contribution in [0.1, 0.15) is 19.8 Å². The lowest BCUT2D eigenvalue weighted by molar-refractivity contribution is -0.122. The molecule has 0 aliphatic rings. The molecule has 0 heterocycles. The maximum atomic E-state index is 10.2. The summed E-state index contributed by atoms with van der Waals surface area (Å²) in [5, 5.41) is 17.3. The Morgan fingerprint density at radius 2 is 2.40 bits per heavy atom. The molecular weight excluding hydrogens is 132 g/mol. The first-order valence-corrected chi connectivity index (χ1v) is 2.85. The zero-order valence-electron chi connectivity index (χ0n) is 5.79. The number of primary amides is 1. The molecule has 0 aliphatic heterocycles. The van der Waals surface area contributed by atoms with Gasteiger partial charge in [-0.3, -0.25) is 4.79 Å². The lowest BCUT2D eigenvalue weighted by Gasteiger charge is -2.16. The van der Waals surface area contributed by atoms with Crippen LogP contribution in [-0.2, 0) is 4.79 Å². The summed E-state index contributed by atoms with van der Waals surface area (Å²) in [6.07, 6.45) is -0.240. The van der Waals surface area contributed by atoms with Gasteiger partial charge in [0.2, 0.25) is 5.91 Å². The SMILES string of the molecule is CC(O)(CC#N)CC(N)=O. The molecular formula is C6H10N2O2. The Morgan fingerprint density at radius 1 is 1.90 bits per heavy atom. The van der Waals surface area contributed by atoms with E-state index in [2.05, 4.69) is 0 Å². The lowest BCUT2D eigenvalue weighted by Crippen LogP contribution is -2.30. The highest BCUT2D eigenvalue weighted by Gasteiger charge is 2.22. The van der Waals surface area contributed by atoms with Crippen molar-refractivity contribution in [3.63, 3.8) is 0 Å². The highest BCUT2D eigenvalue weighted by atomic mass is 16.3. The molecule has 0 aromatic heterocycles. The standard InChI is InChI=1S/C6H10N2O2/c1-6(10,2-3-7)4-5(8)9/h10H,2,4H2,1H3,(H2,8,9). The van der Waals surface area contributed by atoms with Crippen molar-refractivity contribution in [2.75, 3.05) is 0 Å². The van der Waals surface area contributed by atoms with Crippen LogP contribution >= 0.6 is 0 Å². The first kappa shape index (κ1) is 8.92. The number of nitrogens with zero attached hydrogens (tertiary/aromatic N) is 1. The Hall–Kier alpha value is -1.08. The molecule has 56 valence electrons. The molecule has 3 N–H and O–H groups in total. The average Bonchev–Trinajstić information content (AvgIpc) is 1.59. The summed E-state index contributed by atoms with van der Waals surface area (Å²) < 4.78 is 0. The van der Waals surface area contributed by atoms with Crippen molar-refractivity contribution in [1.82, 2.24) is 0 Å². The largest absolute Gasteiger partial charge is 0.389 e. The minimum absolute atomic E-state index is 0.0735. The highest BCUT2D eigenvalue weighted by Crippen LogP contribution is 2.11. The van der Waals surface area contributed by atoms with Gasteiger partial charge >= 0.3 is 0 Å². The third kappa shape index (κ3) is 3.87. The van der Waals surface area contributed by atoms with Gasteiger partial charge in [0.25, 0.3) is 0 Å². The predicted molar refractivity (Wildman–Crippen MR) is 34.7 cm³/mol. The van der Waals surface area contributed by atoms with Gasteiger partial charge in [0, 0.05) is 0 Å². The molecule has 1 atom stereocenters. The van der Waals surface area contributed by atoms with Crippen molar-refractivity contribution in [1.29, 1.82) is 5.26 Å². The first-order chi connectivity index (χ1) is 4.48. The van der Waals surface area contributed by atoms with Crippen LogP contribution in [0.2, 0.25) is 0 Å². The van der Waals surface area contributed by atoms with E-state index in [1.165, 1.54) is 6.92 Å². The maximum absolute atomic E-state index is 10.2. The third-order valence-corrected chi connectivity index (χ3v) is 1.01. The van der Waals surface area contributed by atoms with Crippen LogP contribution in [0.5, 0.6) is 0 Å². The van der Waals surface area contributed by atoms with Crippen LogP contribution in [-0.4, -0.2) is 16.6 Å². The number of carbonyl (C=O) groups excluding carboxylic acids is 1. The van der Waals surface area contributed by atoms with Gasteiger partial charge in [0.05, 0.1) is 24.5 Å². The normalized spacial score (nSPS) is 15.3. The molecule has 0 saturated carbocycles. The van der Waals surface area contributed by atoms with Gasteiger partial charge in [-0.2, -0.15) is 5.26 Å². The Labute approximate surface area is 59.3 Å². The molecule has 0 aromatic rings. The van der Waals surface area contributed by atoms with Crippen molar-refractivity contribution in [2.24, 2.45) is 5.73 Å². The van der Waals surface area contributed by atoms with E-state index < -0.39 is 11.5 Å². The number of nitrogens with two attached hydrogens (primary N) is 1. The Balaban J connectivity index is 3.89. The van der Waals surface area contributed by atoms with E-state index in [0.29, 0.717) is 0 Å². The minimum Gasteiger partial charge on any atom is -0.389 e. The smallest absolute Gasteiger partial charge is 0.220 e. The number of rotatable bonds is 3. The molecule has 0 rings (SSSR count). The van der Waals surface area contributed by atoms with Crippen molar-refractivity contribution in [3.8, 4) is 6.07 Å². The minimum atomic E-state index is -1.26. The van der Waals surface area contributed by atoms with Gasteiger partial charge in [-0.15, -0.1) is 0 Å². The molecule has 0 saturated heterocycles. The van der Waals surface area contributed by atoms with Gasteiger partial charge in [-0.1, -0.05) is 0 Å². The quantitative estimate of drug-likeness (QED) is 0.558. The summed E-state index contributed by atoms with van der Waals surface area (Å²) in [4.78, 5) is 10.2. The number of amides is 1. The Kier molecular flexibility index (Phi) is 2.84. The average molecular weight is 142 g/mol. The van der Waals surface area contributed by atoms with Crippen LogP contribution in [0, 0.1) is 11.3 Å². The maximum Gasteiger partial charge on any atom is 0.220 e.